The molecule has 0 spiro atoms. The average Bonchev–Trinajstić information content (AvgIpc) is 2.55. The van der Waals surface area contributed by atoms with Crippen molar-refractivity contribution in [3.63, 3.8) is 0 Å². The highest BCUT2D eigenvalue weighted by Crippen LogP contribution is 2.39. The molecule has 4 aliphatic rings. The van der Waals surface area contributed by atoms with Crippen LogP contribution in [0.25, 0.3) is 10.9 Å². The van der Waals surface area contributed by atoms with Gasteiger partial charge < -0.3 is 50.8 Å². The molecule has 19 heteroatoms. The van der Waals surface area contributed by atoms with E-state index in [1.165, 1.54) is 14.7 Å². The van der Waals surface area contributed by atoms with Crippen LogP contribution in [0.5, 0.6) is 0 Å². The number of β-amino-alcohol motifs (C(OH)–C–C–N with tert-alkyl or cyclic N) is 1. The molecule has 438 valence electrons. The lowest BCUT2D eigenvalue weighted by Crippen LogP contribution is -2.62. The Morgan fingerprint density at radius 3 is 1.87 bits per heavy atom. The number of hydrogen-bond donors (Lipinski definition) is 6. The smallest absolute Gasteiger partial charge is 0.257 e. The molecule has 5 aromatic carbocycles. The standard InChI is InChI=1S/C65H73N9O10/c1-41(2)33-51-58(76)68-53(35-46-36-66-50-28-16-14-25-47(46)50)64(82)73-32-18-30-55(73)59(77)69-52(34-43-19-7-4-8-20-43)63(81)71(37-44-21-9-5-10-22-44)40-65(83)49-27-15-13-26-48(49)62(80)74(65)38-56(75)72-31-17-29-54(72)60(78)70-57(61(79)67-51)42(3)84-39-45-23-11-6-12-24-45/h4-16,19-28,36,41-42,51-55,57,66,83H,17-18,29-35,37-40H2,1-3H3,(H,67,79)(H,68,76)(H,69,77)(H,70,78)/t42-,51-,52+,53+,54-,55-,57+,65+/m1/s1. The Kier molecular flexibility index (Phi) is 18.0. The van der Waals surface area contributed by atoms with E-state index in [9.17, 15) is 24.3 Å². The Balaban J connectivity index is 1.07. The second kappa shape index (κ2) is 25.9. The van der Waals surface area contributed by atoms with Crippen molar-refractivity contribution in [1.82, 2.24) is 45.9 Å². The number of H-pyrrole nitrogens is 1. The van der Waals surface area contributed by atoms with E-state index in [0.29, 0.717) is 29.5 Å². The Labute approximate surface area is 488 Å². The third-order valence-corrected chi connectivity index (χ3v) is 16.6. The number of carbonyl (C=O) groups excluding carboxylic acids is 8. The molecular formula is C65H73N9O10. The lowest BCUT2D eigenvalue weighted by atomic mass is 9.98. The van der Waals surface area contributed by atoms with Crippen LogP contribution in [0.1, 0.15) is 91.1 Å². The molecule has 0 bridgehead atoms. The van der Waals surface area contributed by atoms with Crippen molar-refractivity contribution in [2.24, 2.45) is 5.92 Å². The number of nitrogens with zero attached hydrogens (tertiary/aromatic N) is 4. The highest BCUT2D eigenvalue weighted by Gasteiger charge is 2.52. The molecule has 0 saturated carbocycles. The molecule has 1 aromatic heterocycles. The summed E-state index contributed by atoms with van der Waals surface area (Å²) in [4.78, 5) is 129. The van der Waals surface area contributed by atoms with Crippen LogP contribution < -0.4 is 21.3 Å². The number of benzene rings is 5. The lowest BCUT2D eigenvalue weighted by Gasteiger charge is -2.40. The minimum Gasteiger partial charge on any atom is -0.371 e. The zero-order chi connectivity index (χ0) is 59.1. The third kappa shape index (κ3) is 12.9. The van der Waals surface area contributed by atoms with Crippen LogP contribution in [0.4, 0.5) is 0 Å². The van der Waals surface area contributed by atoms with Crippen LogP contribution in [-0.2, 0) is 70.0 Å². The second-order valence-corrected chi connectivity index (χ2v) is 22.9. The number of rotatable bonds is 12. The second-order valence-electron chi connectivity index (χ2n) is 22.9. The summed E-state index contributed by atoms with van der Waals surface area (Å²) in [5.41, 5.74) is 1.62. The quantitative estimate of drug-likeness (QED) is 0.0972. The molecule has 8 amide bonds. The van der Waals surface area contributed by atoms with Crippen molar-refractivity contribution in [1.29, 1.82) is 0 Å². The summed E-state index contributed by atoms with van der Waals surface area (Å²) >= 11 is 0. The number of aromatic nitrogens is 1. The first-order valence-electron chi connectivity index (χ1n) is 29.1. The first-order chi connectivity index (χ1) is 40.6. The van der Waals surface area contributed by atoms with E-state index in [-0.39, 0.29) is 75.4 Å². The molecule has 3 saturated heterocycles. The van der Waals surface area contributed by atoms with Gasteiger partial charge in [-0.05, 0) is 79.3 Å². The fourth-order valence-electron chi connectivity index (χ4n) is 12.2. The molecule has 8 atom stereocenters. The molecule has 6 aromatic rings. The van der Waals surface area contributed by atoms with E-state index in [2.05, 4.69) is 26.3 Å². The number of para-hydroxylation sites is 1. The Bertz CT molecular complexity index is 3380. The summed E-state index contributed by atoms with van der Waals surface area (Å²) in [6.45, 7) is 4.36. The van der Waals surface area contributed by atoms with Gasteiger partial charge in [0.2, 0.25) is 41.4 Å². The number of nitrogens with one attached hydrogen (secondary N) is 5. The average molecular weight is 1140 g/mol. The van der Waals surface area contributed by atoms with Gasteiger partial charge in [-0.1, -0.05) is 141 Å². The minimum atomic E-state index is -2.32. The van der Waals surface area contributed by atoms with Crippen LogP contribution in [0.2, 0.25) is 0 Å². The van der Waals surface area contributed by atoms with Crippen molar-refractivity contribution < 1.29 is 48.2 Å². The Morgan fingerprint density at radius 1 is 0.595 bits per heavy atom. The van der Waals surface area contributed by atoms with Crippen molar-refractivity contribution in [3.8, 4) is 0 Å². The maximum atomic E-state index is 15.7. The van der Waals surface area contributed by atoms with Gasteiger partial charge in [-0.3, -0.25) is 43.3 Å². The maximum absolute atomic E-state index is 15.7. The van der Waals surface area contributed by atoms with E-state index >= 15 is 19.2 Å². The number of aromatic amines is 1. The molecule has 0 radical (unpaired) electrons. The van der Waals surface area contributed by atoms with Gasteiger partial charge in [-0.25, -0.2) is 0 Å². The number of aliphatic hydroxyl groups is 1. The monoisotopic (exact) mass is 1140 g/mol. The van der Waals surface area contributed by atoms with E-state index < -0.39 is 108 Å². The molecule has 3 fully saturated rings. The number of hydrogen-bond acceptors (Lipinski definition) is 10. The highest BCUT2D eigenvalue weighted by molar-refractivity contribution is 6.03. The van der Waals surface area contributed by atoms with Gasteiger partial charge in [0.25, 0.3) is 5.91 Å². The molecule has 0 unspecified atom stereocenters. The van der Waals surface area contributed by atoms with Crippen LogP contribution in [-0.4, -0.2) is 145 Å². The highest BCUT2D eigenvalue weighted by atomic mass is 16.5. The van der Waals surface area contributed by atoms with Gasteiger partial charge in [0.05, 0.1) is 19.3 Å². The third-order valence-electron chi connectivity index (χ3n) is 16.6. The molecule has 84 heavy (non-hydrogen) atoms. The topological polar surface area (TPSA) is 243 Å². The summed E-state index contributed by atoms with van der Waals surface area (Å²) < 4.78 is 6.29. The molecular weight excluding hydrogens is 1070 g/mol. The van der Waals surface area contributed by atoms with Crippen LogP contribution in [0.3, 0.4) is 0 Å². The largest absolute Gasteiger partial charge is 0.371 e. The van der Waals surface area contributed by atoms with E-state index in [0.717, 1.165) is 21.4 Å². The zero-order valence-electron chi connectivity index (χ0n) is 47.6. The fraction of sp³-hybridized carbons (Fsp3) is 0.385. The lowest BCUT2D eigenvalue weighted by molar-refractivity contribution is -0.154. The predicted molar refractivity (Wildman–Crippen MR) is 313 cm³/mol. The normalized spacial score (nSPS) is 24.4. The predicted octanol–water partition coefficient (Wildman–Crippen LogP) is 4.87. The van der Waals surface area contributed by atoms with Gasteiger partial charge in [0, 0.05) is 60.7 Å². The minimum absolute atomic E-state index is 0.00343. The molecule has 6 N–H and O–H groups in total. The van der Waals surface area contributed by atoms with E-state index in [1.807, 2.05) is 117 Å². The van der Waals surface area contributed by atoms with E-state index in [1.54, 1.807) is 49.5 Å². The SMILES string of the molecule is CC(C)C[C@H]1NC(=O)[C@H]([C@@H](C)OCc2ccccc2)NC(=O)[C@H]2CCCN2C(=O)CN2C(=O)c3ccccc3[C@@]2(O)CN(Cc2ccccc2)C(=O)[C@H](Cc2ccccc2)NC(=O)[C@H]2CCCN2C(=O)[C@H](Cc2c[nH]c3ccccc23)NC1=O. The first-order valence-corrected chi connectivity index (χ1v) is 29.1. The fourth-order valence-corrected chi connectivity index (χ4v) is 12.2. The summed E-state index contributed by atoms with van der Waals surface area (Å²) in [5, 5.41) is 26.0. The summed E-state index contributed by atoms with van der Waals surface area (Å²) in [5.74, 6) is -5.41. The van der Waals surface area contributed by atoms with Gasteiger partial charge >= 0.3 is 0 Å². The molecule has 0 aliphatic carbocycles. The summed E-state index contributed by atoms with van der Waals surface area (Å²) in [7, 11) is 0. The first kappa shape index (κ1) is 58.5. The maximum Gasteiger partial charge on any atom is 0.257 e. The van der Waals surface area contributed by atoms with Gasteiger partial charge in [0.1, 0.15) is 42.8 Å². The number of amides is 8. The van der Waals surface area contributed by atoms with Gasteiger partial charge in [-0.2, -0.15) is 0 Å². The van der Waals surface area contributed by atoms with Crippen molar-refractivity contribution in [2.45, 2.75) is 127 Å². The van der Waals surface area contributed by atoms with Gasteiger partial charge in [0.15, 0.2) is 5.72 Å². The number of fused-ring (bicyclic) bond motifs is 6. The summed E-state index contributed by atoms with van der Waals surface area (Å²) in [6.07, 6.45) is 2.12. The zero-order valence-corrected chi connectivity index (χ0v) is 47.6. The van der Waals surface area contributed by atoms with Crippen molar-refractivity contribution in [3.05, 3.63) is 179 Å². The Morgan fingerprint density at radius 2 is 1.17 bits per heavy atom. The molecule has 19 nitrogen and oxygen atoms in total. The van der Waals surface area contributed by atoms with Crippen LogP contribution in [0.15, 0.2) is 146 Å². The number of carbonyl (C=O) groups is 8. The molecule has 4 aliphatic heterocycles. The van der Waals surface area contributed by atoms with Crippen LogP contribution >= 0.6 is 0 Å². The molecule has 5 heterocycles. The number of ether oxygens (including phenoxy) is 1. The van der Waals surface area contributed by atoms with E-state index in [4.69, 9.17) is 4.74 Å². The van der Waals surface area contributed by atoms with Crippen molar-refractivity contribution in [2.75, 3.05) is 26.2 Å². The van der Waals surface area contributed by atoms with Gasteiger partial charge in [-0.15, -0.1) is 0 Å². The van der Waals surface area contributed by atoms with Crippen molar-refractivity contribution >= 4 is 58.2 Å². The summed E-state index contributed by atoms with van der Waals surface area (Å²) in [6, 6.07) is 33.9. The Hall–Kier alpha value is -8.68. The molecule has 10 rings (SSSR count). The van der Waals surface area contributed by atoms with Crippen LogP contribution in [0, 0.1) is 5.92 Å².